The van der Waals surface area contributed by atoms with E-state index in [4.69, 9.17) is 22.4 Å². The zero-order valence-electron chi connectivity index (χ0n) is 7.50. The summed E-state index contributed by atoms with van der Waals surface area (Å²) < 4.78 is 0. The van der Waals surface area contributed by atoms with Gasteiger partial charge >= 0.3 is 0 Å². The Morgan fingerprint density at radius 1 is 1.62 bits per heavy atom. The van der Waals surface area contributed by atoms with Crippen molar-refractivity contribution in [3.63, 3.8) is 0 Å². The summed E-state index contributed by atoms with van der Waals surface area (Å²) in [5.41, 5.74) is 7.43. The zero-order chi connectivity index (χ0) is 9.84. The maximum Gasteiger partial charge on any atom is 0.134 e. The number of hydrogen-bond donors (Lipinski definition) is 2. The molecule has 0 saturated carbocycles. The molecule has 0 amide bonds. The second-order valence-corrected chi connectivity index (χ2v) is 3.31. The van der Waals surface area contributed by atoms with Gasteiger partial charge in [-0.1, -0.05) is 17.7 Å². The summed E-state index contributed by atoms with van der Waals surface area (Å²) >= 11 is 5.89. The van der Waals surface area contributed by atoms with Gasteiger partial charge < -0.3 is 10.8 Å². The molecule has 1 aromatic heterocycles. The molecule has 72 valence electrons. The monoisotopic (exact) mass is 200 g/mol. The number of halogens is 1. The molecule has 0 aromatic carbocycles. The molecule has 0 radical (unpaired) electrons. The zero-order valence-corrected chi connectivity index (χ0v) is 8.25. The first kappa shape index (κ1) is 10.4. The predicted molar refractivity (Wildman–Crippen MR) is 52.6 cm³/mol. The number of aromatic nitrogens is 1. The normalized spacial score (nSPS) is 12.9. The van der Waals surface area contributed by atoms with E-state index in [9.17, 15) is 0 Å². The Labute approximate surface area is 82.5 Å². The van der Waals surface area contributed by atoms with E-state index in [0.29, 0.717) is 11.6 Å². The number of aliphatic hydroxyl groups is 1. The molecule has 0 saturated heterocycles. The van der Waals surface area contributed by atoms with Crippen LogP contribution in [0.2, 0.25) is 5.15 Å². The van der Waals surface area contributed by atoms with E-state index >= 15 is 0 Å². The average Bonchev–Trinajstić information content (AvgIpc) is 2.04. The maximum atomic E-state index is 8.70. The number of hydrogen-bond acceptors (Lipinski definition) is 3. The van der Waals surface area contributed by atoms with Gasteiger partial charge in [-0.3, -0.25) is 0 Å². The van der Waals surface area contributed by atoms with Crippen molar-refractivity contribution in [2.45, 2.75) is 19.4 Å². The molecule has 0 fully saturated rings. The third kappa shape index (κ3) is 2.66. The summed E-state index contributed by atoms with van der Waals surface area (Å²) in [6, 6.07) is 3.48. The molecule has 0 aliphatic heterocycles. The minimum atomic E-state index is -0.231. The topological polar surface area (TPSA) is 59.1 Å². The van der Waals surface area contributed by atoms with Crippen molar-refractivity contribution < 1.29 is 5.11 Å². The van der Waals surface area contributed by atoms with Crippen LogP contribution in [0.1, 0.15) is 23.7 Å². The standard InChI is InChI=1S/C9H13ClN2O/c1-6-2-3-7(9(10)12-6)8(11)4-5-13/h2-3,8,13H,4-5,11H2,1H3. The van der Waals surface area contributed by atoms with Gasteiger partial charge in [-0.25, -0.2) is 4.98 Å². The van der Waals surface area contributed by atoms with Crippen molar-refractivity contribution >= 4 is 11.6 Å². The average molecular weight is 201 g/mol. The number of aliphatic hydroxyl groups excluding tert-OH is 1. The van der Waals surface area contributed by atoms with Crippen LogP contribution in [-0.4, -0.2) is 16.7 Å². The quantitative estimate of drug-likeness (QED) is 0.726. The van der Waals surface area contributed by atoms with Crippen LogP contribution in [0.5, 0.6) is 0 Å². The first-order valence-electron chi connectivity index (χ1n) is 4.14. The fraction of sp³-hybridized carbons (Fsp3) is 0.444. The molecule has 0 aliphatic carbocycles. The summed E-state index contributed by atoms with van der Waals surface area (Å²) in [6.07, 6.45) is 0.504. The number of nitrogens with zero attached hydrogens (tertiary/aromatic N) is 1. The predicted octanol–water partition coefficient (Wildman–Crippen LogP) is 1.43. The number of aryl methyl sites for hydroxylation is 1. The van der Waals surface area contributed by atoms with Gasteiger partial charge in [0.1, 0.15) is 5.15 Å². The smallest absolute Gasteiger partial charge is 0.134 e. The molecular weight excluding hydrogens is 188 g/mol. The summed E-state index contributed by atoms with van der Waals surface area (Å²) in [5.74, 6) is 0. The fourth-order valence-electron chi connectivity index (χ4n) is 1.11. The van der Waals surface area contributed by atoms with Crippen LogP contribution in [0.3, 0.4) is 0 Å². The van der Waals surface area contributed by atoms with E-state index in [2.05, 4.69) is 4.98 Å². The van der Waals surface area contributed by atoms with Gasteiger partial charge in [0.15, 0.2) is 0 Å². The minimum absolute atomic E-state index is 0.0609. The second kappa shape index (κ2) is 4.56. The molecule has 0 spiro atoms. The van der Waals surface area contributed by atoms with E-state index in [1.165, 1.54) is 0 Å². The molecule has 1 aromatic rings. The lowest BCUT2D eigenvalue weighted by Gasteiger charge is -2.11. The minimum Gasteiger partial charge on any atom is -0.396 e. The van der Waals surface area contributed by atoms with Crippen LogP contribution in [0.15, 0.2) is 12.1 Å². The molecule has 3 N–H and O–H groups in total. The van der Waals surface area contributed by atoms with Crippen LogP contribution in [0.4, 0.5) is 0 Å². The van der Waals surface area contributed by atoms with Gasteiger partial charge in [-0.15, -0.1) is 0 Å². The second-order valence-electron chi connectivity index (χ2n) is 2.95. The Morgan fingerprint density at radius 2 is 2.31 bits per heavy atom. The Kier molecular flexibility index (Phi) is 3.66. The molecule has 13 heavy (non-hydrogen) atoms. The molecule has 4 heteroatoms. The van der Waals surface area contributed by atoms with Crippen molar-refractivity contribution in [2.75, 3.05) is 6.61 Å². The first-order valence-corrected chi connectivity index (χ1v) is 4.52. The van der Waals surface area contributed by atoms with Crippen LogP contribution in [-0.2, 0) is 0 Å². The fourth-order valence-corrected chi connectivity index (χ4v) is 1.44. The van der Waals surface area contributed by atoms with Crippen LogP contribution in [0.25, 0.3) is 0 Å². The Bertz CT molecular complexity index is 291. The lowest BCUT2D eigenvalue weighted by Crippen LogP contribution is -2.13. The molecule has 1 atom stereocenters. The van der Waals surface area contributed by atoms with Gasteiger partial charge in [0.05, 0.1) is 0 Å². The van der Waals surface area contributed by atoms with Crippen molar-refractivity contribution in [3.05, 3.63) is 28.5 Å². The van der Waals surface area contributed by atoms with Crippen LogP contribution < -0.4 is 5.73 Å². The highest BCUT2D eigenvalue weighted by molar-refractivity contribution is 6.30. The SMILES string of the molecule is Cc1ccc(C(N)CCO)c(Cl)n1. The van der Waals surface area contributed by atoms with E-state index < -0.39 is 0 Å². The largest absolute Gasteiger partial charge is 0.396 e. The van der Waals surface area contributed by atoms with Gasteiger partial charge in [0.25, 0.3) is 0 Å². The number of pyridine rings is 1. The van der Waals surface area contributed by atoms with Crippen molar-refractivity contribution in [3.8, 4) is 0 Å². The third-order valence-corrected chi connectivity index (χ3v) is 2.16. The van der Waals surface area contributed by atoms with E-state index in [1.807, 2.05) is 19.1 Å². The lowest BCUT2D eigenvalue weighted by molar-refractivity contribution is 0.276. The highest BCUT2D eigenvalue weighted by Crippen LogP contribution is 2.21. The third-order valence-electron chi connectivity index (χ3n) is 1.86. The summed E-state index contributed by atoms with van der Waals surface area (Å²) in [7, 11) is 0. The van der Waals surface area contributed by atoms with Crippen LogP contribution >= 0.6 is 11.6 Å². The van der Waals surface area contributed by atoms with E-state index in [0.717, 1.165) is 11.3 Å². The molecule has 1 rings (SSSR count). The number of rotatable bonds is 3. The number of nitrogens with two attached hydrogens (primary N) is 1. The highest BCUT2D eigenvalue weighted by Gasteiger charge is 2.10. The highest BCUT2D eigenvalue weighted by atomic mass is 35.5. The lowest BCUT2D eigenvalue weighted by atomic mass is 10.1. The molecule has 0 aliphatic rings. The van der Waals surface area contributed by atoms with Crippen molar-refractivity contribution in [1.82, 2.24) is 4.98 Å². The summed E-state index contributed by atoms with van der Waals surface area (Å²) in [4.78, 5) is 4.08. The maximum absolute atomic E-state index is 8.70. The van der Waals surface area contributed by atoms with Crippen molar-refractivity contribution in [1.29, 1.82) is 0 Å². The van der Waals surface area contributed by atoms with Crippen molar-refractivity contribution in [2.24, 2.45) is 5.73 Å². The van der Waals surface area contributed by atoms with Gasteiger partial charge in [0.2, 0.25) is 0 Å². The Hall–Kier alpha value is -0.640. The molecule has 1 unspecified atom stereocenters. The summed E-state index contributed by atoms with van der Waals surface area (Å²) in [6.45, 7) is 1.93. The Morgan fingerprint density at radius 3 is 2.85 bits per heavy atom. The Balaban J connectivity index is 2.88. The molecule has 1 heterocycles. The molecule has 0 bridgehead atoms. The van der Waals surface area contributed by atoms with E-state index in [1.54, 1.807) is 0 Å². The van der Waals surface area contributed by atoms with Gasteiger partial charge in [0, 0.05) is 23.9 Å². The van der Waals surface area contributed by atoms with Gasteiger partial charge in [-0.2, -0.15) is 0 Å². The van der Waals surface area contributed by atoms with Gasteiger partial charge in [-0.05, 0) is 19.4 Å². The molecular formula is C9H13ClN2O. The summed E-state index contributed by atoms with van der Waals surface area (Å²) in [5, 5.41) is 9.13. The molecule has 3 nitrogen and oxygen atoms in total. The van der Waals surface area contributed by atoms with E-state index in [-0.39, 0.29) is 12.6 Å². The first-order chi connectivity index (χ1) is 6.15. The van der Waals surface area contributed by atoms with Crippen LogP contribution in [0, 0.1) is 6.92 Å².